The fourth-order valence-electron chi connectivity index (χ4n) is 1.12. The number of urea groups is 2. The van der Waals surface area contributed by atoms with E-state index in [1.807, 2.05) is 10.6 Å². The van der Waals surface area contributed by atoms with Gasteiger partial charge in [-0.1, -0.05) is 11.8 Å². The highest BCUT2D eigenvalue weighted by Crippen LogP contribution is 2.18. The lowest BCUT2D eigenvalue weighted by molar-refractivity contribution is -0.118. The minimum absolute atomic E-state index is 0.529. The molecule has 0 aromatic rings. The Labute approximate surface area is 87.5 Å². The van der Waals surface area contributed by atoms with Gasteiger partial charge >= 0.3 is 12.1 Å². The van der Waals surface area contributed by atoms with Gasteiger partial charge in [-0.05, 0) is 0 Å². The minimum atomic E-state index is -0.855. The number of amides is 6. The average molecular weight is 230 g/mol. The fraction of sp³-hybridized carbons (Fsp3) is 0.333. The molecule has 2 fully saturated rings. The van der Waals surface area contributed by atoms with Crippen LogP contribution < -0.4 is 21.3 Å². The molecule has 0 radical (unpaired) electrons. The maximum Gasteiger partial charge on any atom is 0.322 e. The second kappa shape index (κ2) is 3.42. The van der Waals surface area contributed by atoms with E-state index in [9.17, 15) is 19.2 Å². The van der Waals surface area contributed by atoms with Gasteiger partial charge in [-0.15, -0.1) is 0 Å². The average Bonchev–Trinajstić information content (AvgIpc) is 2.58. The highest BCUT2D eigenvalue weighted by atomic mass is 32.2. The quantitative estimate of drug-likeness (QED) is 0.411. The number of carbonyl (C=O) groups excluding carboxylic acids is 4. The minimum Gasteiger partial charge on any atom is -0.317 e. The first-order chi connectivity index (χ1) is 7.06. The molecule has 80 valence electrons. The van der Waals surface area contributed by atoms with Gasteiger partial charge in [0.2, 0.25) is 0 Å². The summed E-state index contributed by atoms with van der Waals surface area (Å²) in [6, 6.07) is -1.22. The second-order valence-corrected chi connectivity index (χ2v) is 4.04. The van der Waals surface area contributed by atoms with Gasteiger partial charge in [-0.3, -0.25) is 20.2 Å². The number of thioether (sulfide) groups is 1. The predicted octanol–water partition coefficient (Wildman–Crippen LogP) is -1.95. The number of hydrogen-bond donors (Lipinski definition) is 4. The summed E-state index contributed by atoms with van der Waals surface area (Å²) in [5.74, 6) is -1.06. The Balaban J connectivity index is 1.98. The molecule has 6 amide bonds. The van der Waals surface area contributed by atoms with Gasteiger partial charge in [0.05, 0.1) is 0 Å². The lowest BCUT2D eigenvalue weighted by Crippen LogP contribution is -2.34. The Hall–Kier alpha value is -1.77. The number of rotatable bonds is 2. The second-order valence-electron chi connectivity index (χ2n) is 2.82. The van der Waals surface area contributed by atoms with Crippen LogP contribution in [-0.2, 0) is 9.59 Å². The van der Waals surface area contributed by atoms with E-state index >= 15 is 0 Å². The van der Waals surface area contributed by atoms with Crippen molar-refractivity contribution in [2.75, 3.05) is 0 Å². The Morgan fingerprint density at radius 3 is 1.47 bits per heavy atom. The predicted molar refractivity (Wildman–Crippen MR) is 48.5 cm³/mol. The maximum absolute atomic E-state index is 11.1. The van der Waals surface area contributed by atoms with Gasteiger partial charge in [0.15, 0.2) is 10.7 Å². The Morgan fingerprint density at radius 1 is 0.800 bits per heavy atom. The summed E-state index contributed by atoms with van der Waals surface area (Å²) in [5.41, 5.74) is 0. The van der Waals surface area contributed by atoms with Crippen molar-refractivity contribution in [3.8, 4) is 0 Å². The van der Waals surface area contributed by atoms with Crippen molar-refractivity contribution >= 4 is 35.6 Å². The normalized spacial score (nSPS) is 29.6. The van der Waals surface area contributed by atoms with Gasteiger partial charge in [-0.25, -0.2) is 9.59 Å². The molecule has 2 heterocycles. The molecule has 8 nitrogen and oxygen atoms in total. The van der Waals surface area contributed by atoms with E-state index in [2.05, 4.69) is 10.6 Å². The smallest absolute Gasteiger partial charge is 0.317 e. The van der Waals surface area contributed by atoms with Crippen molar-refractivity contribution in [3.05, 3.63) is 0 Å². The topological polar surface area (TPSA) is 116 Å². The van der Waals surface area contributed by atoms with E-state index in [1.165, 1.54) is 0 Å². The first-order valence-electron chi connectivity index (χ1n) is 3.94. The van der Waals surface area contributed by atoms with Crippen LogP contribution in [0.5, 0.6) is 0 Å². The van der Waals surface area contributed by atoms with Crippen LogP contribution in [0.25, 0.3) is 0 Å². The van der Waals surface area contributed by atoms with Crippen molar-refractivity contribution in [1.29, 1.82) is 0 Å². The number of hydrogen-bond acceptors (Lipinski definition) is 5. The summed E-state index contributed by atoms with van der Waals surface area (Å²) in [4.78, 5) is 43.7. The van der Waals surface area contributed by atoms with E-state index < -0.39 is 34.6 Å². The van der Waals surface area contributed by atoms with E-state index in [-0.39, 0.29) is 0 Å². The highest BCUT2D eigenvalue weighted by molar-refractivity contribution is 8.01. The van der Waals surface area contributed by atoms with E-state index in [0.717, 1.165) is 11.8 Å². The molecule has 2 aliphatic heterocycles. The third kappa shape index (κ3) is 1.86. The fourth-order valence-corrected chi connectivity index (χ4v) is 2.11. The molecule has 0 spiro atoms. The largest absolute Gasteiger partial charge is 0.322 e. The molecular weight excluding hydrogens is 224 g/mol. The molecule has 0 aliphatic carbocycles. The molecule has 2 atom stereocenters. The molecule has 2 rings (SSSR count). The zero-order valence-electron chi connectivity index (χ0n) is 7.20. The summed E-state index contributed by atoms with van der Waals surface area (Å²) >= 11 is 0.851. The van der Waals surface area contributed by atoms with Crippen molar-refractivity contribution in [1.82, 2.24) is 21.3 Å². The van der Waals surface area contributed by atoms with Crippen LogP contribution in [0.15, 0.2) is 0 Å². The zero-order valence-corrected chi connectivity index (χ0v) is 8.01. The van der Waals surface area contributed by atoms with Crippen molar-refractivity contribution < 1.29 is 19.2 Å². The number of nitrogens with one attached hydrogen (secondary N) is 4. The Bertz CT molecular complexity index is 336. The van der Waals surface area contributed by atoms with Crippen LogP contribution in [0.4, 0.5) is 9.59 Å². The van der Waals surface area contributed by atoms with Crippen LogP contribution in [0.2, 0.25) is 0 Å². The maximum atomic E-state index is 11.1. The van der Waals surface area contributed by atoms with Crippen LogP contribution in [-0.4, -0.2) is 34.6 Å². The van der Waals surface area contributed by atoms with Gasteiger partial charge in [0.25, 0.3) is 11.8 Å². The molecule has 0 aromatic carbocycles. The van der Waals surface area contributed by atoms with Crippen LogP contribution in [0, 0.1) is 0 Å². The summed E-state index contributed by atoms with van der Waals surface area (Å²) in [6.07, 6.45) is 0. The molecule has 0 aromatic heterocycles. The van der Waals surface area contributed by atoms with E-state index in [4.69, 9.17) is 0 Å². The zero-order chi connectivity index (χ0) is 11.0. The number of carbonyl (C=O) groups is 4. The molecule has 0 bridgehead atoms. The highest BCUT2D eigenvalue weighted by Gasteiger charge is 2.38. The summed E-state index contributed by atoms with van der Waals surface area (Å²) in [7, 11) is 0. The first kappa shape index (κ1) is 9.77. The van der Waals surface area contributed by atoms with Gasteiger partial charge in [0.1, 0.15) is 0 Å². The molecule has 2 saturated heterocycles. The van der Waals surface area contributed by atoms with E-state index in [0.29, 0.717) is 0 Å². The third-order valence-electron chi connectivity index (χ3n) is 1.75. The van der Waals surface area contributed by atoms with Gasteiger partial charge < -0.3 is 10.6 Å². The molecule has 2 aliphatic rings. The SMILES string of the molecule is O=C1NC(=O)C(SC2NC(=O)NC2=O)N1. The standard InChI is InChI=1S/C6H6N4O4S/c11-1-3(9-5(13)7-1)15-4-2(12)8-6(14)10-4/h3-4H,(H2,7,9,11,13)(H2,8,10,12,14). The summed E-state index contributed by atoms with van der Waals surface area (Å²) in [6.45, 7) is 0. The van der Waals surface area contributed by atoms with E-state index in [1.54, 1.807) is 0 Å². The van der Waals surface area contributed by atoms with Gasteiger partial charge in [-0.2, -0.15) is 0 Å². The summed E-state index contributed by atoms with van der Waals surface area (Å²) < 4.78 is 0. The van der Waals surface area contributed by atoms with Crippen molar-refractivity contribution in [2.45, 2.75) is 10.7 Å². The number of imide groups is 2. The molecular formula is C6H6N4O4S. The Kier molecular flexibility index (Phi) is 2.23. The lowest BCUT2D eigenvalue weighted by atomic mass is 10.6. The summed E-state index contributed by atoms with van der Waals surface area (Å²) in [5, 5.41) is 6.91. The molecule has 4 N–H and O–H groups in total. The molecule has 2 unspecified atom stereocenters. The first-order valence-corrected chi connectivity index (χ1v) is 4.89. The molecule has 9 heteroatoms. The lowest BCUT2D eigenvalue weighted by Gasteiger charge is -2.10. The monoisotopic (exact) mass is 230 g/mol. The van der Waals surface area contributed by atoms with Crippen LogP contribution >= 0.6 is 11.8 Å². The Morgan fingerprint density at radius 2 is 1.20 bits per heavy atom. The molecule has 0 saturated carbocycles. The third-order valence-corrected chi connectivity index (χ3v) is 2.95. The van der Waals surface area contributed by atoms with Crippen molar-refractivity contribution in [2.24, 2.45) is 0 Å². The van der Waals surface area contributed by atoms with Crippen molar-refractivity contribution in [3.63, 3.8) is 0 Å². The molecule has 15 heavy (non-hydrogen) atoms. The van der Waals surface area contributed by atoms with Crippen LogP contribution in [0.1, 0.15) is 0 Å². The van der Waals surface area contributed by atoms with Gasteiger partial charge in [0, 0.05) is 0 Å². The van der Waals surface area contributed by atoms with Crippen LogP contribution in [0.3, 0.4) is 0 Å².